The molecule has 0 atom stereocenters. The van der Waals surface area contributed by atoms with Gasteiger partial charge in [-0.25, -0.2) is 0 Å². The first kappa shape index (κ1) is 96.8. The fourth-order valence-corrected chi connectivity index (χ4v) is 0. The third-order valence-corrected chi connectivity index (χ3v) is 0. The van der Waals surface area contributed by atoms with Crippen LogP contribution >= 0.6 is 0 Å². The van der Waals surface area contributed by atoms with Crippen molar-refractivity contribution in [3.05, 3.63) is 0 Å². The van der Waals surface area contributed by atoms with Crippen molar-refractivity contribution in [2.75, 3.05) is 0 Å². The van der Waals surface area contributed by atoms with E-state index in [9.17, 15) is 0 Å². The molecule has 0 saturated carbocycles. The molecule has 1 radical (unpaired) electrons. The largest absolute Gasteiger partial charge is 3.00 e. The molecule has 0 aromatic carbocycles. The molecule has 0 rings (SSSR count). The molecule has 0 nitrogen and oxygen atoms in total. The first-order valence-electron chi connectivity index (χ1n) is 0. The average Bonchev–Trinajstić information content (AvgIpc) is 0. The second-order valence-electron chi connectivity index (χ2n) is 0. The van der Waals surface area contributed by atoms with Crippen molar-refractivity contribution in [2.45, 2.75) is 0 Å². The van der Waals surface area contributed by atoms with Gasteiger partial charge in [-0.15, -0.1) is 0 Å². The van der Waals surface area contributed by atoms with Gasteiger partial charge >= 0.3 is 38.3 Å². The molecule has 37 valence electrons. The molecule has 0 unspecified atom stereocenters. The molecule has 0 saturated heterocycles. The molecule has 0 aromatic heterocycles. The summed E-state index contributed by atoms with van der Waals surface area (Å²) in [5.41, 5.74) is 0. The normalized spacial score (nSPS) is 0. The zero-order chi connectivity index (χ0) is 0. The summed E-state index contributed by atoms with van der Waals surface area (Å²) < 4.78 is 0. The molecule has 0 fully saturated rings. The number of halogens is 4. The predicted octanol–water partition coefficient (Wildman–Crippen LogP) is -15.0. The van der Waals surface area contributed by atoms with Gasteiger partial charge in [-0.05, 0) is 0 Å². The zero-order valence-electron chi connectivity index (χ0n) is 2.87. The van der Waals surface area contributed by atoms with E-state index >= 15 is 0 Å². The maximum absolute atomic E-state index is 0. The Labute approximate surface area is 79.7 Å². The van der Waals surface area contributed by atoms with Crippen molar-refractivity contribution < 1.29 is 80.3 Å². The molecule has 0 aliphatic carbocycles. The molecule has 0 N–H and O–H groups in total. The molecule has 0 aliphatic heterocycles. The Morgan fingerprint density at radius 3 is 0.667 bits per heavy atom. The van der Waals surface area contributed by atoms with Crippen molar-refractivity contribution in [3.8, 4) is 0 Å². The second-order valence-corrected chi connectivity index (χ2v) is 0. The number of hydrogen-bond donors (Lipinski definition) is 0. The van der Waals surface area contributed by atoms with Crippen LogP contribution in [-0.2, 0) is 19.5 Å². The number of hydrogen-bond acceptors (Lipinski definition) is 0. The van der Waals surface area contributed by atoms with E-state index in [-0.39, 0.29) is 80.3 Å². The summed E-state index contributed by atoms with van der Waals surface area (Å²) in [5.74, 6) is 0. The van der Waals surface area contributed by atoms with Gasteiger partial charge in [0.1, 0.15) is 0 Å². The first-order chi connectivity index (χ1) is 0. The summed E-state index contributed by atoms with van der Waals surface area (Å²) in [4.78, 5) is 0. The van der Waals surface area contributed by atoms with Crippen LogP contribution in [0, 0.1) is 0 Å². The Bertz CT molecular complexity index is 10.8. The minimum atomic E-state index is 0. The SMILES string of the molecule is [Cl-].[Cl-].[Cl-].[F-].[Li+].[Ru+3]. The Hall–Kier alpha value is 2.02. The van der Waals surface area contributed by atoms with Crippen LogP contribution in [0.15, 0.2) is 0 Å². The fourth-order valence-electron chi connectivity index (χ4n) is 0. The Morgan fingerprint density at radius 1 is 0.667 bits per heavy atom. The van der Waals surface area contributed by atoms with E-state index in [2.05, 4.69) is 0 Å². The maximum atomic E-state index is 0. The van der Waals surface area contributed by atoms with Gasteiger partial charge < -0.3 is 41.9 Å². The third kappa shape index (κ3) is 37.2. The van der Waals surface area contributed by atoms with Crippen LogP contribution in [0.2, 0.25) is 0 Å². The molecule has 0 aliphatic rings. The molecule has 0 bridgehead atoms. The summed E-state index contributed by atoms with van der Waals surface area (Å²) in [6.07, 6.45) is 0. The van der Waals surface area contributed by atoms with Gasteiger partial charge in [0.05, 0.1) is 0 Å². The summed E-state index contributed by atoms with van der Waals surface area (Å²) in [5, 5.41) is 0. The molecule has 0 heterocycles. The van der Waals surface area contributed by atoms with Gasteiger partial charge in [-0.3, -0.25) is 0 Å². The number of rotatable bonds is 0. The third-order valence-electron chi connectivity index (χ3n) is 0. The smallest absolute Gasteiger partial charge is 1.00 e. The van der Waals surface area contributed by atoms with E-state index < -0.39 is 0 Å². The zero-order valence-corrected chi connectivity index (χ0v) is 6.87. The van der Waals surface area contributed by atoms with Gasteiger partial charge in [0.25, 0.3) is 0 Å². The van der Waals surface area contributed by atoms with Crippen molar-refractivity contribution in [3.63, 3.8) is 0 Å². The van der Waals surface area contributed by atoms with Crippen molar-refractivity contribution in [2.24, 2.45) is 0 Å². The molecule has 0 aromatic rings. The Balaban J connectivity index is 0. The van der Waals surface area contributed by atoms with Crippen LogP contribution in [0.4, 0.5) is 0 Å². The van der Waals surface area contributed by atoms with Crippen LogP contribution in [-0.4, -0.2) is 0 Å². The van der Waals surface area contributed by atoms with Gasteiger partial charge in [0.2, 0.25) is 0 Å². The van der Waals surface area contributed by atoms with Crippen LogP contribution in [0.1, 0.15) is 0 Å². The summed E-state index contributed by atoms with van der Waals surface area (Å²) in [7, 11) is 0. The van der Waals surface area contributed by atoms with Gasteiger partial charge in [0, 0.05) is 0 Å². The second kappa shape index (κ2) is 62.3. The van der Waals surface area contributed by atoms with Gasteiger partial charge in [0.15, 0.2) is 0 Å². The monoisotopic (exact) mass is 233 g/mol. The quantitative estimate of drug-likeness (QED) is 0.365. The minimum absolute atomic E-state index is 0. The van der Waals surface area contributed by atoms with Crippen LogP contribution in [0.3, 0.4) is 0 Å². The van der Waals surface area contributed by atoms with E-state index in [4.69, 9.17) is 0 Å². The topological polar surface area (TPSA) is 0 Å². The van der Waals surface area contributed by atoms with E-state index in [1.54, 1.807) is 0 Å². The molecule has 0 amide bonds. The first-order valence-corrected chi connectivity index (χ1v) is 0. The van der Waals surface area contributed by atoms with E-state index in [0.29, 0.717) is 0 Å². The van der Waals surface area contributed by atoms with Crippen LogP contribution in [0.5, 0.6) is 0 Å². The minimum Gasteiger partial charge on any atom is -1.00 e. The summed E-state index contributed by atoms with van der Waals surface area (Å²) in [6.45, 7) is 0. The average molecular weight is 233 g/mol. The Kier molecular flexibility index (Phi) is 1010. The molecular weight excluding hydrogens is 233 g/mol. The van der Waals surface area contributed by atoms with Gasteiger partial charge in [-0.2, -0.15) is 0 Å². The predicted molar refractivity (Wildman–Crippen MR) is 0 cm³/mol. The van der Waals surface area contributed by atoms with Crippen molar-refractivity contribution >= 4 is 0 Å². The van der Waals surface area contributed by atoms with E-state index in [1.165, 1.54) is 0 Å². The summed E-state index contributed by atoms with van der Waals surface area (Å²) >= 11 is 0. The van der Waals surface area contributed by atoms with Crippen LogP contribution < -0.4 is 60.8 Å². The molecule has 6 heteroatoms. The van der Waals surface area contributed by atoms with Crippen molar-refractivity contribution in [1.82, 2.24) is 0 Å². The fraction of sp³-hybridized carbons (Fsp3) is 0. The van der Waals surface area contributed by atoms with Crippen molar-refractivity contribution in [1.29, 1.82) is 0 Å². The molecular formula is Cl3FLiRu. The Morgan fingerprint density at radius 2 is 0.667 bits per heavy atom. The molecule has 6 heavy (non-hydrogen) atoms. The molecule has 0 spiro atoms. The maximum Gasteiger partial charge on any atom is 3.00 e. The summed E-state index contributed by atoms with van der Waals surface area (Å²) in [6, 6.07) is 0. The van der Waals surface area contributed by atoms with E-state index in [0.717, 1.165) is 0 Å². The standard InChI is InChI=1S/3ClH.FH.Li.Ru/h4*1H;;/q;;;;+1;+3/p-4. The van der Waals surface area contributed by atoms with Crippen LogP contribution in [0.25, 0.3) is 0 Å². The van der Waals surface area contributed by atoms with Gasteiger partial charge in [-0.1, -0.05) is 0 Å². The van der Waals surface area contributed by atoms with E-state index in [1.807, 2.05) is 0 Å².